The van der Waals surface area contributed by atoms with Crippen molar-refractivity contribution in [3.8, 4) is 11.8 Å². The summed E-state index contributed by atoms with van der Waals surface area (Å²) in [6.07, 6.45) is 5.10. The molecule has 2 aliphatic heterocycles. The van der Waals surface area contributed by atoms with Gasteiger partial charge >= 0.3 is 12.0 Å². The molecule has 222 valence electrons. The summed E-state index contributed by atoms with van der Waals surface area (Å²) in [6, 6.07) is 13.0. The molecule has 0 saturated carbocycles. The highest BCUT2D eigenvalue weighted by Crippen LogP contribution is 2.34. The molecule has 0 bridgehead atoms. The lowest BCUT2D eigenvalue weighted by molar-refractivity contribution is -0.142. The van der Waals surface area contributed by atoms with Gasteiger partial charge < -0.3 is 29.2 Å². The maximum absolute atomic E-state index is 12.8. The molecule has 2 aliphatic rings. The van der Waals surface area contributed by atoms with Gasteiger partial charge in [-0.1, -0.05) is 24.3 Å². The van der Waals surface area contributed by atoms with Crippen LogP contribution >= 0.6 is 0 Å². The summed E-state index contributed by atoms with van der Waals surface area (Å²) >= 11 is 0. The first kappa shape index (κ1) is 28.4. The Kier molecular flexibility index (Phi) is 7.81. The van der Waals surface area contributed by atoms with Gasteiger partial charge in [-0.2, -0.15) is 9.97 Å². The summed E-state index contributed by atoms with van der Waals surface area (Å²) < 4.78 is 14.3. The lowest BCUT2D eigenvalue weighted by atomic mass is 9.97. The van der Waals surface area contributed by atoms with E-state index in [1.807, 2.05) is 45.0 Å². The number of aromatic nitrogens is 3. The molecule has 2 aromatic carbocycles. The third-order valence-electron chi connectivity index (χ3n) is 8.47. The van der Waals surface area contributed by atoms with Crippen LogP contribution in [0, 0.1) is 5.41 Å². The fraction of sp³-hybridized carbons (Fsp3) is 0.485. The molecule has 6 rings (SSSR count). The van der Waals surface area contributed by atoms with E-state index in [4.69, 9.17) is 19.4 Å². The second kappa shape index (κ2) is 11.5. The van der Waals surface area contributed by atoms with Crippen LogP contribution in [0.1, 0.15) is 44.7 Å². The number of piperazine rings is 1. The van der Waals surface area contributed by atoms with Crippen molar-refractivity contribution in [3.63, 3.8) is 0 Å². The third kappa shape index (κ3) is 5.80. The van der Waals surface area contributed by atoms with E-state index in [2.05, 4.69) is 52.1 Å². The number of carbonyl (C=O) groups is 1. The van der Waals surface area contributed by atoms with E-state index in [0.29, 0.717) is 30.8 Å². The van der Waals surface area contributed by atoms with E-state index in [1.54, 1.807) is 0 Å². The average Bonchev–Trinajstić information content (AvgIpc) is 3.53. The van der Waals surface area contributed by atoms with Crippen molar-refractivity contribution in [2.24, 2.45) is 12.5 Å². The molecule has 1 atom stereocenters. The van der Waals surface area contributed by atoms with Gasteiger partial charge in [0.25, 0.3) is 0 Å². The molecule has 9 heteroatoms. The van der Waals surface area contributed by atoms with Crippen LogP contribution in [-0.4, -0.2) is 77.8 Å². The summed E-state index contributed by atoms with van der Waals surface area (Å²) in [5.74, 6) is 1.23. The number of likely N-dealkylation sites (N-methyl/N-ethyl adjacent to an activating group) is 1. The van der Waals surface area contributed by atoms with Crippen LogP contribution in [0.5, 0.6) is 11.8 Å². The number of hydrogen-bond donors (Lipinski definition) is 1. The van der Waals surface area contributed by atoms with E-state index < -0.39 is 5.41 Å². The second-order valence-electron chi connectivity index (χ2n) is 12.7. The molecule has 0 spiro atoms. The van der Waals surface area contributed by atoms with Crippen LogP contribution in [0.4, 0.5) is 5.82 Å². The highest BCUT2D eigenvalue weighted by atomic mass is 16.5. The van der Waals surface area contributed by atoms with E-state index in [1.165, 1.54) is 6.42 Å². The number of hydrogen-bond acceptors (Lipinski definition) is 8. The second-order valence-corrected chi connectivity index (χ2v) is 12.7. The Hall–Kier alpha value is -3.69. The standard InChI is InChI=1S/C33H42N6O3/c1-33(2,3)31(40)42-26-18-22-9-6-7-11-27(22)23(19-26)17-24-20-38(5)29-28(24)35-32(41-21-25-10-8-14-37(25)4)36-30(29)39-15-12-34-13-16-39/h6-7,9,11,18-20,25,34H,8,10,12-17,21H2,1-5H3/t25-/m0/s1. The van der Waals surface area contributed by atoms with Crippen molar-refractivity contribution >= 4 is 33.6 Å². The molecular weight excluding hydrogens is 528 g/mol. The minimum absolute atomic E-state index is 0.253. The molecule has 2 fully saturated rings. The normalized spacial score (nSPS) is 18.2. The number of nitrogens with zero attached hydrogens (tertiary/aromatic N) is 5. The van der Waals surface area contributed by atoms with Gasteiger partial charge in [-0.05, 0) is 75.7 Å². The van der Waals surface area contributed by atoms with Crippen molar-refractivity contribution in [1.29, 1.82) is 0 Å². The van der Waals surface area contributed by atoms with Crippen LogP contribution in [-0.2, 0) is 18.3 Å². The van der Waals surface area contributed by atoms with Gasteiger partial charge in [-0.15, -0.1) is 0 Å². The number of ether oxygens (including phenoxy) is 2. The maximum Gasteiger partial charge on any atom is 0.319 e. The van der Waals surface area contributed by atoms with Crippen LogP contribution in [0.2, 0.25) is 0 Å². The predicted molar refractivity (Wildman–Crippen MR) is 167 cm³/mol. The molecule has 42 heavy (non-hydrogen) atoms. The van der Waals surface area contributed by atoms with Gasteiger partial charge in [0.05, 0.1) is 5.41 Å². The van der Waals surface area contributed by atoms with Crippen LogP contribution in [0.15, 0.2) is 42.6 Å². The monoisotopic (exact) mass is 570 g/mol. The van der Waals surface area contributed by atoms with Gasteiger partial charge in [-0.3, -0.25) is 4.79 Å². The number of rotatable bonds is 7. The molecule has 2 aromatic heterocycles. The molecule has 1 N–H and O–H groups in total. The minimum Gasteiger partial charge on any atom is -0.462 e. The highest BCUT2D eigenvalue weighted by molar-refractivity contribution is 5.92. The topological polar surface area (TPSA) is 84.8 Å². The number of fused-ring (bicyclic) bond motifs is 2. The summed E-state index contributed by atoms with van der Waals surface area (Å²) in [5, 5.41) is 5.61. The van der Waals surface area contributed by atoms with Crippen molar-refractivity contribution in [1.82, 2.24) is 24.8 Å². The zero-order chi connectivity index (χ0) is 29.4. The van der Waals surface area contributed by atoms with E-state index >= 15 is 0 Å². The molecular formula is C33H42N6O3. The van der Waals surface area contributed by atoms with Crippen molar-refractivity contribution in [2.45, 2.75) is 46.1 Å². The Morgan fingerprint density at radius 3 is 2.57 bits per heavy atom. The number of aryl methyl sites for hydroxylation is 1. The SMILES string of the molecule is CN1CCC[C@H]1COc1nc(N2CCNCC2)c2c(n1)c(Cc1cc(OC(=O)C(C)(C)C)cc3ccccc13)cn2C. The Balaban J connectivity index is 1.41. The molecule has 4 heterocycles. The van der Waals surface area contributed by atoms with Gasteiger partial charge in [-0.25, -0.2) is 0 Å². The molecule has 0 radical (unpaired) electrons. The number of benzene rings is 2. The first-order chi connectivity index (χ1) is 20.2. The molecule has 0 amide bonds. The fourth-order valence-electron chi connectivity index (χ4n) is 6.01. The van der Waals surface area contributed by atoms with Gasteiger partial charge in [0, 0.05) is 57.4 Å². The van der Waals surface area contributed by atoms with Gasteiger partial charge in [0.15, 0.2) is 5.82 Å². The quantitative estimate of drug-likeness (QED) is 0.256. The smallest absolute Gasteiger partial charge is 0.319 e. The Morgan fingerprint density at radius 2 is 1.83 bits per heavy atom. The average molecular weight is 571 g/mol. The number of carbonyl (C=O) groups excluding carboxylic acids is 1. The fourth-order valence-corrected chi connectivity index (χ4v) is 6.01. The zero-order valence-electron chi connectivity index (χ0n) is 25.4. The molecule has 0 aliphatic carbocycles. The van der Waals surface area contributed by atoms with Crippen molar-refractivity contribution in [3.05, 3.63) is 53.7 Å². The van der Waals surface area contributed by atoms with E-state index in [-0.39, 0.29) is 5.97 Å². The number of esters is 1. The Morgan fingerprint density at radius 1 is 1.05 bits per heavy atom. The third-order valence-corrected chi connectivity index (χ3v) is 8.47. The van der Waals surface area contributed by atoms with Crippen LogP contribution in [0.3, 0.4) is 0 Å². The molecule has 0 unspecified atom stereocenters. The van der Waals surface area contributed by atoms with Crippen molar-refractivity contribution in [2.75, 3.05) is 51.3 Å². The molecule has 2 saturated heterocycles. The van der Waals surface area contributed by atoms with Crippen LogP contribution < -0.4 is 19.7 Å². The van der Waals surface area contributed by atoms with Gasteiger partial charge in [0.2, 0.25) is 0 Å². The van der Waals surface area contributed by atoms with Crippen molar-refractivity contribution < 1.29 is 14.3 Å². The zero-order valence-corrected chi connectivity index (χ0v) is 25.4. The first-order valence-electron chi connectivity index (χ1n) is 15.1. The first-order valence-corrected chi connectivity index (χ1v) is 15.1. The van der Waals surface area contributed by atoms with Gasteiger partial charge in [0.1, 0.15) is 23.4 Å². The number of likely N-dealkylation sites (tertiary alicyclic amines) is 1. The summed E-state index contributed by atoms with van der Waals surface area (Å²) in [6.45, 7) is 10.9. The maximum atomic E-state index is 12.8. The molecule has 9 nitrogen and oxygen atoms in total. The predicted octanol–water partition coefficient (Wildman–Crippen LogP) is 4.55. The Labute approximate surface area is 247 Å². The van der Waals surface area contributed by atoms with Crippen LogP contribution in [0.25, 0.3) is 21.8 Å². The Bertz CT molecular complexity index is 1600. The summed E-state index contributed by atoms with van der Waals surface area (Å²) in [4.78, 5) is 27.4. The minimum atomic E-state index is -0.595. The lowest BCUT2D eigenvalue weighted by Gasteiger charge is -2.29. The summed E-state index contributed by atoms with van der Waals surface area (Å²) in [5.41, 5.74) is 3.48. The summed E-state index contributed by atoms with van der Waals surface area (Å²) in [7, 11) is 4.22. The van der Waals surface area contributed by atoms with E-state index in [9.17, 15) is 4.79 Å². The number of anilines is 1. The largest absolute Gasteiger partial charge is 0.462 e. The lowest BCUT2D eigenvalue weighted by Crippen LogP contribution is -2.44. The number of nitrogens with one attached hydrogen (secondary N) is 1. The molecule has 4 aromatic rings. The van der Waals surface area contributed by atoms with E-state index in [0.717, 1.165) is 77.9 Å². The highest BCUT2D eigenvalue weighted by Gasteiger charge is 2.26.